The van der Waals surface area contributed by atoms with Crippen molar-refractivity contribution < 1.29 is 17.7 Å². The lowest BCUT2D eigenvalue weighted by molar-refractivity contribution is 0.390. The van der Waals surface area contributed by atoms with Crippen LogP contribution in [-0.4, -0.2) is 26.9 Å². The fourth-order valence-electron chi connectivity index (χ4n) is 1.76. The van der Waals surface area contributed by atoms with Crippen molar-refractivity contribution in [2.75, 3.05) is 7.11 Å². The van der Waals surface area contributed by atoms with Crippen LogP contribution in [0.2, 0.25) is 0 Å². The smallest absolute Gasteiger partial charge is 0.282 e. The summed E-state index contributed by atoms with van der Waals surface area (Å²) in [5.41, 5.74) is 1.02. The molecule has 0 aliphatic rings. The molecule has 2 rings (SSSR count). The lowest BCUT2D eigenvalue weighted by Crippen LogP contribution is -2.19. The number of benzene rings is 1. The van der Waals surface area contributed by atoms with E-state index in [-0.39, 0.29) is 10.7 Å². The first-order valence-corrected chi connectivity index (χ1v) is 7.54. The Labute approximate surface area is 122 Å². The molecule has 0 aliphatic heterocycles. The molecule has 1 heterocycles. The lowest BCUT2D eigenvalue weighted by atomic mass is 10.2. The molecule has 0 amide bonds. The average molecular weight is 309 g/mol. The molecule has 0 saturated carbocycles. The monoisotopic (exact) mass is 309 g/mol. The normalized spacial score (nSPS) is 11.8. The first-order chi connectivity index (χ1) is 9.94. The van der Waals surface area contributed by atoms with Gasteiger partial charge in [-0.1, -0.05) is 5.16 Å². The second-order valence-corrected chi connectivity index (χ2v) is 5.88. The molecule has 8 heteroatoms. The molecule has 0 aliphatic carbocycles. The summed E-state index contributed by atoms with van der Waals surface area (Å²) < 4.78 is 34.0. The number of aryl methyl sites for hydroxylation is 2. The minimum Gasteiger partial charge on any atom is -0.497 e. The molecular formula is C13H15N3O4S. The summed E-state index contributed by atoms with van der Waals surface area (Å²) in [4.78, 5) is 2.14. The van der Waals surface area contributed by atoms with Crippen LogP contribution in [0, 0.1) is 13.8 Å². The van der Waals surface area contributed by atoms with Crippen LogP contribution in [0.25, 0.3) is 0 Å². The van der Waals surface area contributed by atoms with Crippen molar-refractivity contribution in [3.63, 3.8) is 0 Å². The maximum atomic E-state index is 12.1. The molecule has 2 aromatic rings. The number of rotatable bonds is 5. The van der Waals surface area contributed by atoms with Crippen molar-refractivity contribution in [1.82, 2.24) is 9.99 Å². The summed E-state index contributed by atoms with van der Waals surface area (Å²) in [5.74, 6) is 0.933. The van der Waals surface area contributed by atoms with Crippen molar-refractivity contribution >= 4 is 16.2 Å². The maximum Gasteiger partial charge on any atom is 0.282 e. The van der Waals surface area contributed by atoms with Crippen molar-refractivity contribution in [3.8, 4) is 5.75 Å². The number of hydrazone groups is 1. The van der Waals surface area contributed by atoms with E-state index in [4.69, 9.17) is 9.26 Å². The van der Waals surface area contributed by atoms with Crippen molar-refractivity contribution in [2.45, 2.75) is 18.7 Å². The quantitative estimate of drug-likeness (QED) is 0.669. The van der Waals surface area contributed by atoms with Gasteiger partial charge in [0.05, 0.1) is 13.3 Å². The number of nitrogens with zero attached hydrogens (tertiary/aromatic N) is 2. The van der Waals surface area contributed by atoms with Gasteiger partial charge in [-0.15, -0.1) is 0 Å². The molecule has 1 aromatic heterocycles. The zero-order valence-corrected chi connectivity index (χ0v) is 12.6. The van der Waals surface area contributed by atoms with Gasteiger partial charge in [0.1, 0.15) is 11.4 Å². The van der Waals surface area contributed by atoms with Crippen molar-refractivity contribution in [2.24, 2.45) is 5.10 Å². The van der Waals surface area contributed by atoms with E-state index in [1.54, 1.807) is 38.3 Å². The summed E-state index contributed by atoms with van der Waals surface area (Å²) in [5, 5.41) is 7.34. The van der Waals surface area contributed by atoms with Crippen LogP contribution < -0.4 is 9.57 Å². The highest BCUT2D eigenvalue weighted by Gasteiger charge is 2.23. The summed E-state index contributed by atoms with van der Waals surface area (Å²) in [6.07, 6.45) is 1.40. The minimum atomic E-state index is -3.79. The molecular weight excluding hydrogens is 294 g/mol. The Morgan fingerprint density at radius 2 is 1.95 bits per heavy atom. The number of sulfonamides is 1. The summed E-state index contributed by atoms with van der Waals surface area (Å²) in [7, 11) is -2.22. The summed E-state index contributed by atoms with van der Waals surface area (Å²) >= 11 is 0. The van der Waals surface area contributed by atoms with Crippen LogP contribution in [0.3, 0.4) is 0 Å². The molecule has 0 fully saturated rings. The maximum absolute atomic E-state index is 12.1. The fourth-order valence-corrected chi connectivity index (χ4v) is 2.89. The number of methoxy groups -OCH3 is 1. The second-order valence-electron chi connectivity index (χ2n) is 4.28. The Morgan fingerprint density at radius 1 is 1.29 bits per heavy atom. The van der Waals surface area contributed by atoms with Gasteiger partial charge in [0.25, 0.3) is 10.0 Å². The molecule has 0 radical (unpaired) electrons. The van der Waals surface area contributed by atoms with Gasteiger partial charge in [-0.3, -0.25) is 0 Å². The van der Waals surface area contributed by atoms with Crippen molar-refractivity contribution in [1.29, 1.82) is 0 Å². The topological polar surface area (TPSA) is 93.8 Å². The fraction of sp³-hybridized carbons (Fsp3) is 0.231. The Kier molecular flexibility index (Phi) is 4.27. The third-order valence-electron chi connectivity index (χ3n) is 2.74. The zero-order chi connectivity index (χ0) is 15.5. The van der Waals surface area contributed by atoms with E-state index in [2.05, 4.69) is 15.1 Å². The van der Waals surface area contributed by atoms with Gasteiger partial charge in [-0.05, 0) is 43.7 Å². The molecule has 0 spiro atoms. The summed E-state index contributed by atoms with van der Waals surface area (Å²) in [6, 6.07) is 7.02. The average Bonchev–Trinajstić information content (AvgIpc) is 2.79. The standard InChI is InChI=1S/C13H15N3O4S/c1-9-13(10(2)20-15-9)21(17,18)16-14-8-11-4-6-12(19-3)7-5-11/h4-8,16H,1-3H3/b14-8+. The SMILES string of the molecule is COc1ccc(/C=N/NS(=O)(=O)c2c(C)noc2C)cc1. The lowest BCUT2D eigenvalue weighted by Gasteiger charge is -2.02. The highest BCUT2D eigenvalue weighted by Crippen LogP contribution is 2.18. The Morgan fingerprint density at radius 3 is 2.48 bits per heavy atom. The van der Waals surface area contributed by atoms with Gasteiger partial charge in [0.15, 0.2) is 10.7 Å². The van der Waals surface area contributed by atoms with Crippen LogP contribution in [-0.2, 0) is 10.0 Å². The van der Waals surface area contributed by atoms with Crippen LogP contribution >= 0.6 is 0 Å². The van der Waals surface area contributed by atoms with Gasteiger partial charge in [-0.25, -0.2) is 0 Å². The predicted octanol–water partition coefficient (Wildman–Crippen LogP) is 1.61. The van der Waals surface area contributed by atoms with Crippen LogP contribution in [0.15, 0.2) is 38.8 Å². The Hall–Kier alpha value is -2.35. The molecule has 1 aromatic carbocycles. The van der Waals surface area contributed by atoms with Crippen LogP contribution in [0.1, 0.15) is 17.0 Å². The van der Waals surface area contributed by atoms with E-state index in [9.17, 15) is 8.42 Å². The molecule has 0 atom stereocenters. The third-order valence-corrected chi connectivity index (χ3v) is 4.21. The van der Waals surface area contributed by atoms with E-state index in [1.165, 1.54) is 13.1 Å². The van der Waals surface area contributed by atoms with Crippen LogP contribution in [0.4, 0.5) is 0 Å². The van der Waals surface area contributed by atoms with E-state index in [0.29, 0.717) is 11.4 Å². The molecule has 112 valence electrons. The predicted molar refractivity (Wildman–Crippen MR) is 76.9 cm³/mol. The third kappa shape index (κ3) is 3.40. The van der Waals surface area contributed by atoms with E-state index >= 15 is 0 Å². The first-order valence-electron chi connectivity index (χ1n) is 6.06. The van der Waals surface area contributed by atoms with E-state index < -0.39 is 10.0 Å². The largest absolute Gasteiger partial charge is 0.497 e. The van der Waals surface area contributed by atoms with Gasteiger partial charge >= 0.3 is 0 Å². The molecule has 7 nitrogen and oxygen atoms in total. The second kappa shape index (κ2) is 5.96. The molecule has 0 bridgehead atoms. The number of nitrogens with one attached hydrogen (secondary N) is 1. The van der Waals surface area contributed by atoms with Gasteiger partial charge in [-0.2, -0.15) is 18.4 Å². The highest BCUT2D eigenvalue weighted by atomic mass is 32.2. The van der Waals surface area contributed by atoms with E-state index in [0.717, 1.165) is 5.56 Å². The minimum absolute atomic E-state index is 0.00869. The number of ether oxygens (including phenoxy) is 1. The van der Waals surface area contributed by atoms with Gasteiger partial charge in [0, 0.05) is 0 Å². The number of hydrogen-bond donors (Lipinski definition) is 1. The highest BCUT2D eigenvalue weighted by molar-refractivity contribution is 7.89. The van der Waals surface area contributed by atoms with Gasteiger partial charge in [0.2, 0.25) is 0 Å². The molecule has 0 saturated heterocycles. The van der Waals surface area contributed by atoms with Gasteiger partial charge < -0.3 is 9.26 Å². The Balaban J connectivity index is 2.13. The molecule has 21 heavy (non-hydrogen) atoms. The molecule has 1 N–H and O–H groups in total. The van der Waals surface area contributed by atoms with E-state index in [1.807, 2.05) is 0 Å². The number of hydrogen-bond acceptors (Lipinski definition) is 6. The molecule has 0 unspecified atom stereocenters. The number of aromatic nitrogens is 1. The summed E-state index contributed by atoms with van der Waals surface area (Å²) in [6.45, 7) is 3.08. The van der Waals surface area contributed by atoms with Crippen LogP contribution in [0.5, 0.6) is 5.75 Å². The zero-order valence-electron chi connectivity index (χ0n) is 11.8. The first kappa shape index (κ1) is 15.0. The Bertz CT molecular complexity index is 729. The van der Waals surface area contributed by atoms with Crippen molar-refractivity contribution in [3.05, 3.63) is 41.3 Å².